The molecule has 9 heteroatoms. The van der Waals surface area contributed by atoms with E-state index in [2.05, 4.69) is 14.8 Å². The smallest absolute Gasteiger partial charge is 0.262 e. The van der Waals surface area contributed by atoms with E-state index in [1.54, 1.807) is 24.3 Å². The minimum absolute atomic E-state index is 0.0542. The number of anilines is 1. The maximum Gasteiger partial charge on any atom is 0.262 e. The van der Waals surface area contributed by atoms with E-state index >= 15 is 0 Å². The van der Waals surface area contributed by atoms with Gasteiger partial charge in [0, 0.05) is 6.07 Å². The number of methoxy groups -OCH3 is 2. The van der Waals surface area contributed by atoms with Gasteiger partial charge in [-0.05, 0) is 24.3 Å². The minimum atomic E-state index is -3.83. The Hall–Kier alpha value is -3.07. The zero-order valence-electron chi connectivity index (χ0n) is 13.6. The van der Waals surface area contributed by atoms with Gasteiger partial charge in [-0.25, -0.2) is 18.1 Å². The monoisotopic (exact) mass is 360 g/mol. The van der Waals surface area contributed by atoms with Crippen LogP contribution in [0.1, 0.15) is 0 Å². The molecule has 0 unspecified atom stereocenters. The Morgan fingerprint density at radius 2 is 1.80 bits per heavy atom. The lowest BCUT2D eigenvalue weighted by Crippen LogP contribution is -2.15. The molecule has 0 aliphatic heterocycles. The first kappa shape index (κ1) is 16.8. The molecule has 3 aromatic rings. The van der Waals surface area contributed by atoms with Gasteiger partial charge < -0.3 is 9.47 Å². The summed E-state index contributed by atoms with van der Waals surface area (Å²) in [5.41, 5.74) is 0.937. The third-order valence-corrected chi connectivity index (χ3v) is 4.84. The van der Waals surface area contributed by atoms with E-state index in [0.29, 0.717) is 22.9 Å². The summed E-state index contributed by atoms with van der Waals surface area (Å²) in [7, 11) is -0.901. The number of hydrogen-bond donors (Lipinski definition) is 1. The predicted octanol–water partition coefficient (Wildman–Crippen LogP) is 2.09. The highest BCUT2D eigenvalue weighted by Crippen LogP contribution is 2.30. The van der Waals surface area contributed by atoms with Crippen molar-refractivity contribution in [2.75, 3.05) is 18.9 Å². The second-order valence-electron chi connectivity index (χ2n) is 4.98. The number of ether oxygens (including phenoxy) is 2. The van der Waals surface area contributed by atoms with Gasteiger partial charge in [-0.3, -0.25) is 4.72 Å². The number of aromatic nitrogens is 3. The molecule has 25 heavy (non-hydrogen) atoms. The molecular formula is C16H16N4O4S. The summed E-state index contributed by atoms with van der Waals surface area (Å²) < 4.78 is 39.8. The second kappa shape index (κ2) is 6.81. The Morgan fingerprint density at radius 1 is 1.04 bits per heavy atom. The van der Waals surface area contributed by atoms with Crippen molar-refractivity contribution in [1.82, 2.24) is 14.8 Å². The Labute approximate surface area is 145 Å². The molecule has 0 aliphatic carbocycles. The summed E-state index contributed by atoms with van der Waals surface area (Å²) in [6.07, 6.45) is 2.86. The molecular weight excluding hydrogens is 344 g/mol. The Kier molecular flexibility index (Phi) is 4.57. The summed E-state index contributed by atoms with van der Waals surface area (Å²) >= 11 is 0. The summed E-state index contributed by atoms with van der Waals surface area (Å²) in [6, 6.07) is 11.3. The molecule has 0 saturated heterocycles. The Morgan fingerprint density at radius 3 is 2.48 bits per heavy atom. The molecule has 1 N–H and O–H groups in total. The topological polar surface area (TPSA) is 95.3 Å². The van der Waals surface area contributed by atoms with Crippen molar-refractivity contribution >= 4 is 15.7 Å². The van der Waals surface area contributed by atoms with Crippen LogP contribution < -0.4 is 14.2 Å². The van der Waals surface area contributed by atoms with Crippen LogP contribution in [0.3, 0.4) is 0 Å². The van der Waals surface area contributed by atoms with Gasteiger partial charge in [0.1, 0.15) is 12.7 Å². The van der Waals surface area contributed by atoms with E-state index in [1.165, 1.54) is 49.8 Å². The molecule has 1 aromatic heterocycles. The average molecular weight is 360 g/mol. The second-order valence-corrected chi connectivity index (χ2v) is 6.66. The van der Waals surface area contributed by atoms with Gasteiger partial charge in [0.15, 0.2) is 11.5 Å². The molecule has 0 atom stereocenters. The molecule has 2 aromatic carbocycles. The first-order valence-electron chi connectivity index (χ1n) is 7.24. The molecule has 0 aliphatic rings. The number of para-hydroxylation sites is 2. The number of nitrogens with zero attached hydrogens (tertiary/aromatic N) is 3. The van der Waals surface area contributed by atoms with Crippen LogP contribution >= 0.6 is 0 Å². The van der Waals surface area contributed by atoms with Gasteiger partial charge >= 0.3 is 0 Å². The molecule has 0 amide bonds. The van der Waals surface area contributed by atoms with E-state index in [4.69, 9.17) is 9.47 Å². The highest BCUT2D eigenvalue weighted by Gasteiger charge is 2.19. The SMILES string of the molecule is COc1ccc(S(=O)(=O)Nc2ccccc2-n2cncn2)cc1OC. The minimum Gasteiger partial charge on any atom is -0.493 e. The molecule has 0 spiro atoms. The van der Waals surface area contributed by atoms with E-state index in [0.717, 1.165) is 0 Å². The van der Waals surface area contributed by atoms with E-state index in [9.17, 15) is 8.42 Å². The zero-order valence-corrected chi connectivity index (χ0v) is 14.4. The highest BCUT2D eigenvalue weighted by atomic mass is 32.2. The maximum absolute atomic E-state index is 12.7. The summed E-state index contributed by atoms with van der Waals surface area (Å²) in [6.45, 7) is 0. The summed E-state index contributed by atoms with van der Waals surface area (Å²) in [5, 5.41) is 4.03. The number of hydrogen-bond acceptors (Lipinski definition) is 6. The lowest BCUT2D eigenvalue weighted by Gasteiger charge is -2.14. The van der Waals surface area contributed by atoms with Gasteiger partial charge in [0.25, 0.3) is 10.0 Å². The third-order valence-electron chi connectivity index (χ3n) is 3.48. The fourth-order valence-electron chi connectivity index (χ4n) is 2.28. The molecule has 0 radical (unpaired) electrons. The van der Waals surface area contributed by atoms with Crippen LogP contribution in [0.4, 0.5) is 5.69 Å². The number of nitrogens with one attached hydrogen (secondary N) is 1. The molecule has 3 rings (SSSR count). The van der Waals surface area contributed by atoms with Crippen LogP contribution in [0.2, 0.25) is 0 Å². The third kappa shape index (κ3) is 3.41. The highest BCUT2D eigenvalue weighted by molar-refractivity contribution is 7.92. The van der Waals surface area contributed by atoms with Crippen molar-refractivity contribution in [2.45, 2.75) is 4.90 Å². The number of rotatable bonds is 6. The van der Waals surface area contributed by atoms with Crippen LogP contribution in [0.5, 0.6) is 11.5 Å². The van der Waals surface area contributed by atoms with Crippen LogP contribution in [-0.4, -0.2) is 37.4 Å². The molecule has 130 valence electrons. The number of benzene rings is 2. The largest absolute Gasteiger partial charge is 0.493 e. The zero-order chi connectivity index (χ0) is 17.9. The lowest BCUT2D eigenvalue weighted by atomic mass is 10.3. The quantitative estimate of drug-likeness (QED) is 0.723. The van der Waals surface area contributed by atoms with Gasteiger partial charge in [-0.1, -0.05) is 12.1 Å². The van der Waals surface area contributed by atoms with Gasteiger partial charge in [-0.2, -0.15) is 5.10 Å². The fraction of sp³-hybridized carbons (Fsp3) is 0.125. The van der Waals surface area contributed by atoms with E-state index < -0.39 is 10.0 Å². The number of sulfonamides is 1. The van der Waals surface area contributed by atoms with Crippen molar-refractivity contribution in [3.05, 3.63) is 55.1 Å². The first-order chi connectivity index (χ1) is 12.0. The van der Waals surface area contributed by atoms with Crippen molar-refractivity contribution in [1.29, 1.82) is 0 Å². The van der Waals surface area contributed by atoms with Crippen LogP contribution in [0.15, 0.2) is 60.0 Å². The normalized spacial score (nSPS) is 11.1. The van der Waals surface area contributed by atoms with Gasteiger partial charge in [-0.15, -0.1) is 0 Å². The van der Waals surface area contributed by atoms with Gasteiger partial charge in [0.2, 0.25) is 0 Å². The first-order valence-corrected chi connectivity index (χ1v) is 8.72. The van der Waals surface area contributed by atoms with Crippen LogP contribution in [-0.2, 0) is 10.0 Å². The lowest BCUT2D eigenvalue weighted by molar-refractivity contribution is 0.354. The molecule has 0 fully saturated rings. The summed E-state index contributed by atoms with van der Waals surface area (Å²) in [4.78, 5) is 3.93. The Balaban J connectivity index is 1.98. The average Bonchev–Trinajstić information content (AvgIpc) is 3.15. The van der Waals surface area contributed by atoms with Crippen molar-refractivity contribution in [2.24, 2.45) is 0 Å². The predicted molar refractivity (Wildman–Crippen MR) is 91.7 cm³/mol. The van der Waals surface area contributed by atoms with Gasteiger partial charge in [0.05, 0.1) is 30.5 Å². The van der Waals surface area contributed by atoms with E-state index in [-0.39, 0.29) is 4.90 Å². The summed E-state index contributed by atoms with van der Waals surface area (Å²) in [5.74, 6) is 0.777. The Bertz CT molecular complexity index is 972. The fourth-order valence-corrected chi connectivity index (χ4v) is 3.37. The maximum atomic E-state index is 12.7. The molecule has 8 nitrogen and oxygen atoms in total. The molecule has 0 saturated carbocycles. The van der Waals surface area contributed by atoms with E-state index in [1.807, 2.05) is 0 Å². The van der Waals surface area contributed by atoms with Crippen molar-refractivity contribution in [3.63, 3.8) is 0 Å². The molecule has 1 heterocycles. The van der Waals surface area contributed by atoms with Crippen LogP contribution in [0, 0.1) is 0 Å². The molecule has 0 bridgehead atoms. The van der Waals surface area contributed by atoms with Crippen LogP contribution in [0.25, 0.3) is 5.69 Å². The standard InChI is InChI=1S/C16H16N4O4S/c1-23-15-8-7-12(9-16(15)24-2)25(21,22)19-13-5-3-4-6-14(13)20-11-17-10-18-20/h3-11,19H,1-2H3. The van der Waals surface area contributed by atoms with Crippen molar-refractivity contribution in [3.8, 4) is 17.2 Å². The van der Waals surface area contributed by atoms with Crippen molar-refractivity contribution < 1.29 is 17.9 Å².